The molecule has 1 aromatic rings. The first kappa shape index (κ1) is 10.4. The Labute approximate surface area is 95.8 Å². The molecule has 80 valence electrons. The molecule has 1 fully saturated rings. The van der Waals surface area contributed by atoms with Crippen molar-refractivity contribution >= 4 is 21.8 Å². The van der Waals surface area contributed by atoms with Gasteiger partial charge >= 0.3 is 0 Å². The Kier molecular flexibility index (Phi) is 2.90. The zero-order valence-corrected chi connectivity index (χ0v) is 9.71. The number of amides is 1. The second kappa shape index (κ2) is 4.18. The van der Waals surface area contributed by atoms with Gasteiger partial charge in [-0.3, -0.25) is 4.79 Å². The van der Waals surface area contributed by atoms with Gasteiger partial charge in [-0.1, -0.05) is 27.7 Å². The molecule has 1 N–H and O–H groups in total. The van der Waals surface area contributed by atoms with Crippen molar-refractivity contribution in [3.05, 3.63) is 28.6 Å². The second-order valence-electron chi connectivity index (χ2n) is 3.59. The lowest BCUT2D eigenvalue weighted by molar-refractivity contribution is 0.0948. The van der Waals surface area contributed by atoms with Crippen LogP contribution < -0.4 is 5.32 Å². The Hall–Kier alpha value is -1.10. The minimum atomic E-state index is -0.230. The van der Waals surface area contributed by atoms with Gasteiger partial charge in [-0.05, 0) is 12.8 Å². The molecule has 0 unspecified atom stereocenters. The maximum absolute atomic E-state index is 11.5. The highest BCUT2D eigenvalue weighted by Gasteiger charge is 2.28. The fourth-order valence-electron chi connectivity index (χ4n) is 1.22. The van der Waals surface area contributed by atoms with Crippen LogP contribution in [0.15, 0.2) is 21.7 Å². The molecule has 5 heteroatoms. The third kappa shape index (κ3) is 2.68. The van der Waals surface area contributed by atoms with Gasteiger partial charge in [0.2, 0.25) is 0 Å². The number of hydrogen-bond acceptors (Lipinski definition) is 3. The average Bonchev–Trinajstić information content (AvgIpc) is 2.93. The zero-order chi connectivity index (χ0) is 10.8. The Balaban J connectivity index is 1.95. The molecule has 0 saturated heterocycles. The van der Waals surface area contributed by atoms with E-state index in [1.54, 1.807) is 6.07 Å². The van der Waals surface area contributed by atoms with Gasteiger partial charge in [0.05, 0.1) is 0 Å². The Morgan fingerprint density at radius 1 is 1.73 bits per heavy atom. The van der Waals surface area contributed by atoms with Gasteiger partial charge in [0.15, 0.2) is 5.69 Å². The number of aromatic nitrogens is 1. The van der Waals surface area contributed by atoms with Crippen molar-refractivity contribution in [3.63, 3.8) is 0 Å². The SMILES string of the molecule is C=C(Br)CNC(=O)c1cc(C2CC2)on1. The van der Waals surface area contributed by atoms with E-state index >= 15 is 0 Å². The third-order valence-corrected chi connectivity index (χ3v) is 2.46. The fourth-order valence-corrected chi connectivity index (χ4v) is 1.36. The molecule has 0 spiro atoms. The molecule has 1 aromatic heterocycles. The van der Waals surface area contributed by atoms with E-state index in [0.717, 1.165) is 23.1 Å². The molecule has 0 atom stereocenters. The van der Waals surface area contributed by atoms with Crippen LogP contribution >= 0.6 is 15.9 Å². The van der Waals surface area contributed by atoms with Crippen molar-refractivity contribution in [2.45, 2.75) is 18.8 Å². The van der Waals surface area contributed by atoms with Gasteiger partial charge < -0.3 is 9.84 Å². The Morgan fingerprint density at radius 2 is 2.47 bits per heavy atom. The van der Waals surface area contributed by atoms with Crippen LogP contribution in [0.1, 0.15) is 35.0 Å². The molecular formula is C10H11BrN2O2. The minimum absolute atomic E-state index is 0.230. The monoisotopic (exact) mass is 270 g/mol. The molecule has 2 rings (SSSR count). The zero-order valence-electron chi connectivity index (χ0n) is 8.12. The summed E-state index contributed by atoms with van der Waals surface area (Å²) in [4.78, 5) is 11.5. The topological polar surface area (TPSA) is 55.1 Å². The predicted octanol–water partition coefficient (Wildman–Crippen LogP) is 2.19. The third-order valence-electron chi connectivity index (χ3n) is 2.18. The molecule has 4 nitrogen and oxygen atoms in total. The summed E-state index contributed by atoms with van der Waals surface area (Å²) < 4.78 is 5.80. The van der Waals surface area contributed by atoms with Crippen molar-refractivity contribution in [2.75, 3.05) is 6.54 Å². The van der Waals surface area contributed by atoms with E-state index in [1.807, 2.05) is 0 Å². The van der Waals surface area contributed by atoms with Gasteiger partial charge in [-0.2, -0.15) is 0 Å². The smallest absolute Gasteiger partial charge is 0.273 e. The first-order chi connectivity index (χ1) is 7.16. The summed E-state index contributed by atoms with van der Waals surface area (Å²) in [5, 5.41) is 6.39. The van der Waals surface area contributed by atoms with Gasteiger partial charge in [-0.15, -0.1) is 0 Å². The summed E-state index contributed by atoms with van der Waals surface area (Å²) in [6.07, 6.45) is 2.27. The number of rotatable bonds is 4. The molecule has 0 radical (unpaired) electrons. The van der Waals surface area contributed by atoms with Crippen molar-refractivity contribution in [1.82, 2.24) is 10.5 Å². The van der Waals surface area contributed by atoms with E-state index in [-0.39, 0.29) is 5.91 Å². The average molecular weight is 271 g/mol. The van der Waals surface area contributed by atoms with Crippen molar-refractivity contribution in [2.24, 2.45) is 0 Å². The van der Waals surface area contributed by atoms with Crippen LogP contribution in [0.3, 0.4) is 0 Å². The highest BCUT2D eigenvalue weighted by atomic mass is 79.9. The van der Waals surface area contributed by atoms with Crippen molar-refractivity contribution in [1.29, 1.82) is 0 Å². The summed E-state index contributed by atoms with van der Waals surface area (Å²) in [7, 11) is 0. The number of halogens is 1. The lowest BCUT2D eigenvalue weighted by Gasteiger charge is -1.98. The van der Waals surface area contributed by atoms with E-state index in [9.17, 15) is 4.79 Å². The summed E-state index contributed by atoms with van der Waals surface area (Å²) in [5.41, 5.74) is 0.339. The van der Waals surface area contributed by atoms with Crippen LogP contribution in [0.5, 0.6) is 0 Å². The molecule has 1 saturated carbocycles. The van der Waals surface area contributed by atoms with Crippen molar-refractivity contribution < 1.29 is 9.32 Å². The number of nitrogens with zero attached hydrogens (tertiary/aromatic N) is 1. The molecule has 15 heavy (non-hydrogen) atoms. The van der Waals surface area contributed by atoms with Gasteiger partial charge in [0.1, 0.15) is 5.76 Å². The highest BCUT2D eigenvalue weighted by molar-refractivity contribution is 9.11. The van der Waals surface area contributed by atoms with Crippen LogP contribution in [-0.4, -0.2) is 17.6 Å². The molecular weight excluding hydrogens is 260 g/mol. The van der Waals surface area contributed by atoms with Crippen LogP contribution in [0.2, 0.25) is 0 Å². The van der Waals surface area contributed by atoms with Crippen LogP contribution in [-0.2, 0) is 0 Å². The molecule has 1 aliphatic rings. The number of carbonyl (C=O) groups excluding carboxylic acids is 1. The normalized spacial score (nSPS) is 15.0. The van der Waals surface area contributed by atoms with E-state index in [2.05, 4.69) is 33.0 Å². The van der Waals surface area contributed by atoms with Crippen molar-refractivity contribution in [3.8, 4) is 0 Å². The molecule has 0 aromatic carbocycles. The minimum Gasteiger partial charge on any atom is -0.360 e. The standard InChI is InChI=1S/C10H11BrN2O2/c1-6(11)5-12-10(14)8-4-9(15-13-8)7-2-3-7/h4,7H,1-3,5H2,(H,12,14). The number of carbonyl (C=O) groups is 1. The van der Waals surface area contributed by atoms with E-state index in [0.29, 0.717) is 18.2 Å². The van der Waals surface area contributed by atoms with Gasteiger partial charge in [0.25, 0.3) is 5.91 Å². The summed E-state index contributed by atoms with van der Waals surface area (Å²) in [5.74, 6) is 1.06. The lowest BCUT2D eigenvalue weighted by Crippen LogP contribution is -2.24. The summed E-state index contributed by atoms with van der Waals surface area (Å²) >= 11 is 3.16. The highest BCUT2D eigenvalue weighted by Crippen LogP contribution is 2.40. The van der Waals surface area contributed by atoms with Crippen LogP contribution in [0, 0.1) is 0 Å². The largest absolute Gasteiger partial charge is 0.360 e. The number of nitrogens with one attached hydrogen (secondary N) is 1. The Bertz CT molecular complexity index is 396. The summed E-state index contributed by atoms with van der Waals surface area (Å²) in [6, 6.07) is 1.71. The molecule has 1 amide bonds. The van der Waals surface area contributed by atoms with E-state index in [1.165, 1.54) is 0 Å². The lowest BCUT2D eigenvalue weighted by atomic mass is 10.3. The van der Waals surface area contributed by atoms with E-state index < -0.39 is 0 Å². The second-order valence-corrected chi connectivity index (χ2v) is 4.71. The maximum Gasteiger partial charge on any atom is 0.273 e. The predicted molar refractivity (Wildman–Crippen MR) is 58.9 cm³/mol. The quantitative estimate of drug-likeness (QED) is 0.913. The first-order valence-corrected chi connectivity index (χ1v) is 5.54. The first-order valence-electron chi connectivity index (χ1n) is 4.75. The van der Waals surface area contributed by atoms with Crippen LogP contribution in [0.4, 0.5) is 0 Å². The molecule has 0 bridgehead atoms. The molecule has 1 heterocycles. The van der Waals surface area contributed by atoms with Crippen LogP contribution in [0.25, 0.3) is 0 Å². The molecule has 1 aliphatic carbocycles. The summed E-state index contributed by atoms with van der Waals surface area (Å²) in [6.45, 7) is 4.02. The van der Waals surface area contributed by atoms with E-state index in [4.69, 9.17) is 4.52 Å². The molecule has 0 aliphatic heterocycles. The fraction of sp³-hybridized carbons (Fsp3) is 0.400. The van der Waals surface area contributed by atoms with Gasteiger partial charge in [0, 0.05) is 23.0 Å². The van der Waals surface area contributed by atoms with Gasteiger partial charge in [-0.25, -0.2) is 0 Å². The Morgan fingerprint density at radius 3 is 3.07 bits per heavy atom. The number of hydrogen-bond donors (Lipinski definition) is 1. The maximum atomic E-state index is 11.5.